The number of esters is 1. The number of nitrogens with zero attached hydrogens (tertiary/aromatic N) is 1. The summed E-state index contributed by atoms with van der Waals surface area (Å²) in [7, 11) is 4.64. The Kier molecular flexibility index (Phi) is 24.3. The van der Waals surface area contributed by atoms with Crippen molar-refractivity contribution in [1.29, 1.82) is 0 Å². The minimum atomic E-state index is -2.43. The summed E-state index contributed by atoms with van der Waals surface area (Å²) in [5.74, 6) is -7.83. The van der Waals surface area contributed by atoms with Crippen LogP contribution in [0.3, 0.4) is 0 Å². The number of amides is 1. The lowest BCUT2D eigenvalue weighted by atomic mass is 9.78. The maximum atomic E-state index is 14.5. The molecule has 1 saturated carbocycles. The topological polar surface area (TPSA) is 194 Å². The monoisotopic (exact) mass is 986 g/mol. The molecule has 0 aromatic heterocycles. The lowest BCUT2D eigenvalue weighted by Crippen LogP contribution is -2.61. The van der Waals surface area contributed by atoms with Gasteiger partial charge in [-0.25, -0.2) is 4.79 Å². The third-order valence-electron chi connectivity index (χ3n) is 15.2. The van der Waals surface area contributed by atoms with Crippen LogP contribution in [0.5, 0.6) is 0 Å². The number of methoxy groups -OCH3 is 3. The third kappa shape index (κ3) is 16.3. The normalized spacial score (nSPS) is 37.2. The van der Waals surface area contributed by atoms with Crippen molar-refractivity contribution in [1.82, 2.24) is 4.90 Å². The van der Waals surface area contributed by atoms with Gasteiger partial charge in [0, 0.05) is 65.1 Å². The molecule has 4 aliphatic rings. The molecule has 0 spiro atoms. The molecule has 0 aromatic carbocycles. The van der Waals surface area contributed by atoms with Gasteiger partial charge in [0.2, 0.25) is 5.79 Å². The standard InChI is InChI=1S/C55H87NO14/c1-12-67-26-27-68-45-24-22-41(31-48(45)65-10)30-37(5)47-33-44(57)36(4)29-39(7)50(59)51(66-11)49(58)38(6)28-34(2)18-14-13-15-19-35(3)46(64-9)32-42-23-21-40(8)55(63,70-42)52(60)53(61)56-25-17-16-20-43(56)54(62)69-47/h13-15,18-19,29,34,36-38,40-43,45-48,50-51,59,63H,12,16-17,20-28,30-33H2,1-11H3/b15-13?,18-14-,35-19?,39-29-/t34-,36-,37-,38-,40-,41+,42+,43+,45-,46+,47+,48-,50-,51+,55-/m1/s1. The molecule has 3 heterocycles. The predicted molar refractivity (Wildman–Crippen MR) is 265 cm³/mol. The van der Waals surface area contributed by atoms with E-state index in [4.69, 9.17) is 33.2 Å². The predicted octanol–water partition coefficient (Wildman–Crippen LogP) is 7.24. The summed E-state index contributed by atoms with van der Waals surface area (Å²) in [5.41, 5.74) is 1.28. The molecule has 2 N–H and O–H groups in total. The van der Waals surface area contributed by atoms with Gasteiger partial charge >= 0.3 is 5.97 Å². The van der Waals surface area contributed by atoms with Gasteiger partial charge in [-0.1, -0.05) is 71.1 Å². The quantitative estimate of drug-likeness (QED) is 0.0911. The third-order valence-corrected chi connectivity index (χ3v) is 15.2. The number of ether oxygens (including phenoxy) is 7. The molecule has 15 heteroatoms. The number of ketones is 3. The van der Waals surface area contributed by atoms with Crippen LogP contribution in [0, 0.1) is 35.5 Å². The first-order valence-corrected chi connectivity index (χ1v) is 26.0. The van der Waals surface area contributed by atoms with Gasteiger partial charge in [0.15, 0.2) is 5.78 Å². The number of fused-ring (bicyclic) bond motifs is 3. The molecule has 0 aromatic rings. The largest absolute Gasteiger partial charge is 0.460 e. The van der Waals surface area contributed by atoms with Gasteiger partial charge in [0.25, 0.3) is 11.7 Å². The number of allylic oxidation sites excluding steroid dienone is 6. The van der Waals surface area contributed by atoms with E-state index in [0.29, 0.717) is 76.8 Å². The number of aliphatic hydroxyl groups is 2. The van der Waals surface area contributed by atoms with Gasteiger partial charge in [0.1, 0.15) is 30.1 Å². The summed E-state index contributed by atoms with van der Waals surface area (Å²) in [6.07, 6.45) is 12.4. The highest BCUT2D eigenvalue weighted by Crippen LogP contribution is 2.38. The fourth-order valence-electron chi connectivity index (χ4n) is 10.7. The number of cyclic esters (lactones) is 1. The second-order valence-electron chi connectivity index (χ2n) is 20.6. The van der Waals surface area contributed by atoms with Gasteiger partial charge in [0.05, 0.1) is 37.6 Å². The van der Waals surface area contributed by atoms with Gasteiger partial charge in [-0.15, -0.1) is 0 Å². The van der Waals surface area contributed by atoms with Crippen molar-refractivity contribution in [3.05, 3.63) is 47.6 Å². The Morgan fingerprint density at radius 2 is 1.59 bits per heavy atom. The van der Waals surface area contributed by atoms with E-state index < -0.39 is 77.8 Å². The average Bonchev–Trinajstić information content (AvgIpc) is 3.34. The van der Waals surface area contributed by atoms with Crippen molar-refractivity contribution >= 4 is 29.2 Å². The molecule has 4 rings (SSSR count). The summed E-state index contributed by atoms with van der Waals surface area (Å²) in [5, 5.41) is 23.5. The van der Waals surface area contributed by atoms with Crippen LogP contribution in [0.1, 0.15) is 132 Å². The minimum absolute atomic E-state index is 0.0195. The van der Waals surface area contributed by atoms with E-state index in [2.05, 4.69) is 0 Å². The molecule has 0 unspecified atom stereocenters. The molecule has 15 atom stereocenters. The number of aliphatic hydroxyl groups excluding tert-OH is 1. The fourth-order valence-corrected chi connectivity index (χ4v) is 10.7. The lowest BCUT2D eigenvalue weighted by Gasteiger charge is -2.42. The van der Waals surface area contributed by atoms with Crippen LogP contribution >= 0.6 is 0 Å². The smallest absolute Gasteiger partial charge is 0.329 e. The van der Waals surface area contributed by atoms with E-state index in [1.807, 2.05) is 65.0 Å². The second kappa shape index (κ2) is 28.7. The van der Waals surface area contributed by atoms with Crippen molar-refractivity contribution in [3.63, 3.8) is 0 Å². The number of rotatable bonds is 11. The highest BCUT2D eigenvalue weighted by Gasteiger charge is 2.53. The first-order valence-electron chi connectivity index (χ1n) is 26.0. The van der Waals surface area contributed by atoms with E-state index >= 15 is 0 Å². The van der Waals surface area contributed by atoms with Crippen molar-refractivity contribution in [2.24, 2.45) is 35.5 Å². The van der Waals surface area contributed by atoms with Gasteiger partial charge in [-0.2, -0.15) is 0 Å². The highest BCUT2D eigenvalue weighted by molar-refractivity contribution is 6.39. The van der Waals surface area contributed by atoms with Gasteiger partial charge in [-0.05, 0) is 114 Å². The van der Waals surface area contributed by atoms with Crippen molar-refractivity contribution < 1.29 is 67.3 Å². The van der Waals surface area contributed by atoms with Crippen LogP contribution in [0.2, 0.25) is 0 Å². The Balaban J connectivity index is 1.68. The lowest BCUT2D eigenvalue weighted by molar-refractivity contribution is -0.265. The Hall–Kier alpha value is -3.41. The second-order valence-corrected chi connectivity index (χ2v) is 20.6. The molecule has 1 amide bonds. The van der Waals surface area contributed by atoms with E-state index in [1.165, 1.54) is 12.0 Å². The van der Waals surface area contributed by atoms with E-state index in [1.54, 1.807) is 41.1 Å². The summed E-state index contributed by atoms with van der Waals surface area (Å²) in [6, 6.07) is -1.14. The number of hydrogen-bond donors (Lipinski definition) is 2. The summed E-state index contributed by atoms with van der Waals surface area (Å²) >= 11 is 0. The number of carbonyl (C=O) groups excluding carboxylic acids is 5. The molecular weight excluding hydrogens is 899 g/mol. The fraction of sp³-hybridized carbons (Fsp3) is 0.764. The molecule has 70 heavy (non-hydrogen) atoms. The number of hydrogen-bond acceptors (Lipinski definition) is 14. The van der Waals surface area contributed by atoms with Crippen LogP contribution in [-0.4, -0.2) is 147 Å². The van der Waals surface area contributed by atoms with Crippen LogP contribution < -0.4 is 0 Å². The zero-order valence-corrected chi connectivity index (χ0v) is 44.1. The first kappa shape index (κ1) is 59.2. The maximum absolute atomic E-state index is 14.5. The minimum Gasteiger partial charge on any atom is -0.460 e. The average molecular weight is 986 g/mol. The molecule has 2 bridgehead atoms. The number of piperidine rings is 1. The Morgan fingerprint density at radius 3 is 2.27 bits per heavy atom. The van der Waals surface area contributed by atoms with Crippen LogP contribution in [-0.2, 0) is 57.1 Å². The number of Topliss-reactive ketones (excluding diaryl/α,β-unsaturated/α-hetero) is 3. The highest BCUT2D eigenvalue weighted by atomic mass is 16.6. The number of carbonyl (C=O) groups is 5. The van der Waals surface area contributed by atoms with Gasteiger partial charge in [-0.3, -0.25) is 19.2 Å². The molecule has 3 aliphatic heterocycles. The van der Waals surface area contributed by atoms with E-state index in [9.17, 15) is 34.2 Å². The Bertz CT molecular complexity index is 1840. The maximum Gasteiger partial charge on any atom is 0.329 e. The van der Waals surface area contributed by atoms with Crippen molar-refractivity contribution in [2.75, 3.05) is 47.7 Å². The van der Waals surface area contributed by atoms with Gasteiger partial charge < -0.3 is 48.3 Å². The van der Waals surface area contributed by atoms with Crippen LogP contribution in [0.4, 0.5) is 0 Å². The molecule has 0 radical (unpaired) electrons. The van der Waals surface area contributed by atoms with Crippen LogP contribution in [0.25, 0.3) is 0 Å². The van der Waals surface area contributed by atoms with E-state index in [-0.39, 0.29) is 60.9 Å². The molecule has 3 fully saturated rings. The van der Waals surface area contributed by atoms with Crippen molar-refractivity contribution in [2.45, 2.75) is 187 Å². The SMILES string of the molecule is CCOCCO[C@@H]1CC[C@@H](C[C@@H](C)[C@@H]2CC(=O)[C@H](C)/C=C(/C)[C@@H](O)[C@@H](OC)C(=O)[C@H](C)C[C@H](C)/C=C\C=CC=C(C)[C@@H](OC)C[C@@H]3CC[C@@H](C)[C@@](O)(O3)C(=O)C(=O)N3CCCC[C@H]3C(=O)O2)C[C@H]1OC. The first-order chi connectivity index (χ1) is 33.3. The Labute approximate surface area is 418 Å². The summed E-state index contributed by atoms with van der Waals surface area (Å²) in [4.78, 5) is 72.4. The Morgan fingerprint density at radius 1 is 0.843 bits per heavy atom. The molecule has 2 saturated heterocycles. The summed E-state index contributed by atoms with van der Waals surface area (Å²) < 4.78 is 41.5. The summed E-state index contributed by atoms with van der Waals surface area (Å²) in [6.45, 7) is 16.4. The molecular formula is C55H87NO14. The zero-order valence-electron chi connectivity index (χ0n) is 44.1. The molecule has 396 valence electrons. The van der Waals surface area contributed by atoms with Crippen molar-refractivity contribution in [3.8, 4) is 0 Å². The zero-order chi connectivity index (χ0) is 51.7. The van der Waals surface area contributed by atoms with E-state index in [0.717, 1.165) is 18.4 Å². The molecule has 15 nitrogen and oxygen atoms in total. The molecule has 1 aliphatic carbocycles. The van der Waals surface area contributed by atoms with Crippen LogP contribution in [0.15, 0.2) is 47.6 Å².